The topological polar surface area (TPSA) is 63.7 Å². The van der Waals surface area contributed by atoms with Gasteiger partial charge in [0.1, 0.15) is 11.5 Å². The van der Waals surface area contributed by atoms with E-state index in [2.05, 4.69) is 10.3 Å². The zero-order valence-corrected chi connectivity index (χ0v) is 15.3. The van der Waals surface area contributed by atoms with Gasteiger partial charge in [-0.3, -0.25) is 9.69 Å². The average Bonchev–Trinajstić information content (AvgIpc) is 3.20. The van der Waals surface area contributed by atoms with Crippen molar-refractivity contribution in [1.29, 1.82) is 0 Å². The van der Waals surface area contributed by atoms with Crippen molar-refractivity contribution >= 4 is 22.4 Å². The number of amides is 1. The quantitative estimate of drug-likeness (QED) is 0.857. The first kappa shape index (κ1) is 17.7. The van der Waals surface area contributed by atoms with Crippen molar-refractivity contribution in [2.45, 2.75) is 19.4 Å². The summed E-state index contributed by atoms with van der Waals surface area (Å²) in [5.41, 5.74) is 0.926. The Kier molecular flexibility index (Phi) is 5.88. The fraction of sp³-hybridized carbons (Fsp3) is 0.444. The maximum atomic E-state index is 13.1. The third kappa shape index (κ3) is 4.11. The van der Waals surface area contributed by atoms with E-state index < -0.39 is 0 Å². The van der Waals surface area contributed by atoms with Gasteiger partial charge in [-0.25, -0.2) is 4.98 Å². The van der Waals surface area contributed by atoms with E-state index in [1.807, 2.05) is 23.6 Å². The molecule has 1 fully saturated rings. The molecule has 2 heterocycles. The summed E-state index contributed by atoms with van der Waals surface area (Å²) in [6, 6.07) is 5.65. The summed E-state index contributed by atoms with van der Waals surface area (Å²) in [4.78, 5) is 19.2. The van der Waals surface area contributed by atoms with E-state index in [9.17, 15) is 4.79 Å². The number of anilines is 1. The summed E-state index contributed by atoms with van der Waals surface area (Å²) >= 11 is 1.47. The van der Waals surface area contributed by atoms with E-state index in [4.69, 9.17) is 9.47 Å². The molecular formula is C18H23N3O3S. The maximum Gasteiger partial charge on any atom is 0.233 e. The standard InChI is InChI=1S/C18H23N3O3S/c1-23-15-6-5-14(16(10-15)24-2)12-21(18-20-8-9-25-18)17(22)13-4-3-7-19-11-13/h5-6,8-10,13,19H,3-4,7,11-12H2,1-2H3. The minimum atomic E-state index is -0.0121. The van der Waals surface area contributed by atoms with E-state index in [0.29, 0.717) is 17.4 Å². The first-order valence-electron chi connectivity index (χ1n) is 8.35. The Balaban J connectivity index is 1.87. The van der Waals surface area contributed by atoms with Gasteiger partial charge in [0.2, 0.25) is 5.91 Å². The van der Waals surface area contributed by atoms with Crippen LogP contribution in [0.3, 0.4) is 0 Å². The van der Waals surface area contributed by atoms with Gasteiger partial charge in [-0.05, 0) is 31.5 Å². The Bertz CT molecular complexity index is 700. The molecule has 3 rings (SSSR count). The molecule has 0 radical (unpaired) electrons. The maximum absolute atomic E-state index is 13.1. The molecule has 0 bridgehead atoms. The smallest absolute Gasteiger partial charge is 0.233 e. The zero-order chi connectivity index (χ0) is 17.6. The molecule has 1 N–H and O–H groups in total. The van der Waals surface area contributed by atoms with Crippen LogP contribution in [0, 0.1) is 5.92 Å². The number of carbonyl (C=O) groups excluding carboxylic acids is 1. The third-order valence-electron chi connectivity index (χ3n) is 4.39. The second-order valence-corrected chi connectivity index (χ2v) is 6.83. The monoisotopic (exact) mass is 361 g/mol. The molecular weight excluding hydrogens is 338 g/mol. The Labute approximate surface area is 151 Å². The number of nitrogens with zero attached hydrogens (tertiary/aromatic N) is 2. The second-order valence-electron chi connectivity index (χ2n) is 5.96. The van der Waals surface area contributed by atoms with Gasteiger partial charge >= 0.3 is 0 Å². The van der Waals surface area contributed by atoms with E-state index in [0.717, 1.165) is 37.2 Å². The summed E-state index contributed by atoms with van der Waals surface area (Å²) in [6.45, 7) is 2.13. The Morgan fingerprint density at radius 3 is 2.92 bits per heavy atom. The van der Waals surface area contributed by atoms with Crippen molar-refractivity contribution < 1.29 is 14.3 Å². The molecule has 0 saturated carbocycles. The fourth-order valence-electron chi connectivity index (χ4n) is 3.02. The lowest BCUT2D eigenvalue weighted by atomic mass is 9.98. The molecule has 7 heteroatoms. The minimum absolute atomic E-state index is 0.0121. The first-order chi connectivity index (χ1) is 12.2. The number of rotatable bonds is 6. The summed E-state index contributed by atoms with van der Waals surface area (Å²) in [6.07, 6.45) is 3.66. The van der Waals surface area contributed by atoms with Crippen LogP contribution in [0.2, 0.25) is 0 Å². The second kappa shape index (κ2) is 8.31. The van der Waals surface area contributed by atoms with Crippen LogP contribution in [0.15, 0.2) is 29.8 Å². The van der Waals surface area contributed by atoms with Crippen molar-refractivity contribution in [1.82, 2.24) is 10.3 Å². The van der Waals surface area contributed by atoms with Crippen LogP contribution in [0.1, 0.15) is 18.4 Å². The SMILES string of the molecule is COc1ccc(CN(C(=O)C2CCCNC2)c2nccs2)c(OC)c1. The fourth-order valence-corrected chi connectivity index (χ4v) is 3.67. The Morgan fingerprint density at radius 1 is 1.40 bits per heavy atom. The number of hydrogen-bond acceptors (Lipinski definition) is 6. The molecule has 134 valence electrons. The van der Waals surface area contributed by atoms with Gasteiger partial charge in [-0.2, -0.15) is 0 Å². The molecule has 2 aromatic rings. The number of hydrogen-bond donors (Lipinski definition) is 1. The summed E-state index contributed by atoms with van der Waals surface area (Å²) in [5.74, 6) is 1.53. The van der Waals surface area contributed by atoms with E-state index in [-0.39, 0.29) is 11.8 Å². The molecule has 25 heavy (non-hydrogen) atoms. The summed E-state index contributed by atoms with van der Waals surface area (Å²) < 4.78 is 10.7. The molecule has 1 aliphatic rings. The average molecular weight is 361 g/mol. The summed E-state index contributed by atoms with van der Waals surface area (Å²) in [5, 5.41) is 5.92. The van der Waals surface area contributed by atoms with E-state index in [1.165, 1.54) is 11.3 Å². The predicted molar refractivity (Wildman–Crippen MR) is 98.4 cm³/mol. The van der Waals surface area contributed by atoms with Crippen LogP contribution in [-0.4, -0.2) is 38.2 Å². The third-order valence-corrected chi connectivity index (χ3v) is 5.18. The number of carbonyl (C=O) groups is 1. The molecule has 1 atom stereocenters. The number of nitrogens with one attached hydrogen (secondary N) is 1. The van der Waals surface area contributed by atoms with Gasteiger partial charge in [0, 0.05) is 29.8 Å². The van der Waals surface area contributed by atoms with Crippen molar-refractivity contribution in [2.75, 3.05) is 32.2 Å². The van der Waals surface area contributed by atoms with Crippen LogP contribution in [0.5, 0.6) is 11.5 Å². The first-order valence-corrected chi connectivity index (χ1v) is 9.23. The lowest BCUT2D eigenvalue weighted by Crippen LogP contribution is -2.43. The number of ether oxygens (including phenoxy) is 2. The van der Waals surface area contributed by atoms with Crippen LogP contribution < -0.4 is 19.7 Å². The van der Waals surface area contributed by atoms with E-state index in [1.54, 1.807) is 25.3 Å². The molecule has 1 saturated heterocycles. The Hall–Kier alpha value is -2.12. The Morgan fingerprint density at radius 2 is 2.28 bits per heavy atom. The molecule has 0 aliphatic carbocycles. The highest BCUT2D eigenvalue weighted by Gasteiger charge is 2.28. The van der Waals surface area contributed by atoms with Gasteiger partial charge in [0.15, 0.2) is 5.13 Å². The molecule has 1 aromatic carbocycles. The lowest BCUT2D eigenvalue weighted by Gasteiger charge is -2.28. The van der Waals surface area contributed by atoms with Gasteiger partial charge in [0.05, 0.1) is 26.7 Å². The highest BCUT2D eigenvalue weighted by Crippen LogP contribution is 2.29. The van der Waals surface area contributed by atoms with Crippen LogP contribution in [0.4, 0.5) is 5.13 Å². The number of methoxy groups -OCH3 is 2. The van der Waals surface area contributed by atoms with Crippen molar-refractivity contribution in [3.05, 3.63) is 35.3 Å². The van der Waals surface area contributed by atoms with Crippen LogP contribution >= 0.6 is 11.3 Å². The largest absolute Gasteiger partial charge is 0.497 e. The molecule has 1 aliphatic heterocycles. The predicted octanol–water partition coefficient (Wildman–Crippen LogP) is 2.69. The molecule has 6 nitrogen and oxygen atoms in total. The lowest BCUT2D eigenvalue weighted by molar-refractivity contribution is -0.123. The number of thiazole rings is 1. The van der Waals surface area contributed by atoms with Crippen molar-refractivity contribution in [3.63, 3.8) is 0 Å². The molecule has 1 unspecified atom stereocenters. The van der Waals surface area contributed by atoms with E-state index >= 15 is 0 Å². The number of benzene rings is 1. The number of piperidine rings is 1. The van der Waals surface area contributed by atoms with Crippen molar-refractivity contribution in [2.24, 2.45) is 5.92 Å². The van der Waals surface area contributed by atoms with Crippen LogP contribution in [-0.2, 0) is 11.3 Å². The molecule has 0 spiro atoms. The van der Waals surface area contributed by atoms with Gasteiger partial charge < -0.3 is 14.8 Å². The summed E-state index contributed by atoms with van der Waals surface area (Å²) in [7, 11) is 3.24. The van der Waals surface area contributed by atoms with Gasteiger partial charge in [0.25, 0.3) is 0 Å². The molecule has 1 amide bonds. The zero-order valence-electron chi connectivity index (χ0n) is 14.5. The van der Waals surface area contributed by atoms with Gasteiger partial charge in [-0.1, -0.05) is 0 Å². The highest BCUT2D eigenvalue weighted by molar-refractivity contribution is 7.13. The van der Waals surface area contributed by atoms with Crippen LogP contribution in [0.25, 0.3) is 0 Å². The van der Waals surface area contributed by atoms with Crippen molar-refractivity contribution in [3.8, 4) is 11.5 Å². The number of aromatic nitrogens is 1. The van der Waals surface area contributed by atoms with Gasteiger partial charge in [-0.15, -0.1) is 11.3 Å². The normalized spacial score (nSPS) is 17.1. The molecule has 1 aromatic heterocycles. The highest BCUT2D eigenvalue weighted by atomic mass is 32.1. The minimum Gasteiger partial charge on any atom is -0.497 e.